The summed E-state index contributed by atoms with van der Waals surface area (Å²) in [4.78, 5) is 38.6. The summed E-state index contributed by atoms with van der Waals surface area (Å²) in [6.07, 6.45) is 1.29. The lowest BCUT2D eigenvalue weighted by molar-refractivity contribution is -0.386. The molecule has 1 aromatic carbocycles. The molecule has 134 valence electrons. The van der Waals surface area contributed by atoms with E-state index in [1.807, 2.05) is 7.05 Å². The Morgan fingerprint density at radius 2 is 1.72 bits per heavy atom. The Labute approximate surface area is 146 Å². The van der Waals surface area contributed by atoms with E-state index in [0.29, 0.717) is 0 Å². The van der Waals surface area contributed by atoms with Gasteiger partial charge in [-0.15, -0.1) is 0 Å². The van der Waals surface area contributed by atoms with Crippen LogP contribution in [-0.2, 0) is 0 Å². The van der Waals surface area contributed by atoms with E-state index < -0.39 is 10.8 Å². The number of ether oxygens (including phenoxy) is 1. The number of piperidine rings is 1. The van der Waals surface area contributed by atoms with Crippen molar-refractivity contribution in [2.75, 3.05) is 20.1 Å². The molecule has 1 fully saturated rings. The van der Waals surface area contributed by atoms with Crippen molar-refractivity contribution in [3.8, 4) is 5.75 Å². The summed E-state index contributed by atoms with van der Waals surface area (Å²) < 4.78 is 5.50. The van der Waals surface area contributed by atoms with E-state index in [1.165, 1.54) is 12.1 Å². The molecule has 0 spiro atoms. The summed E-state index contributed by atoms with van der Waals surface area (Å²) >= 11 is 0. The third kappa shape index (κ3) is 3.16. The van der Waals surface area contributed by atoms with Crippen molar-refractivity contribution < 1.29 is 19.2 Å². The SMILES string of the molecule is CC(C)Oc1cc2c(cc1[N+](=O)[O-])C(=O)C(C1CCN(C)CC1)C2=O. The lowest BCUT2D eigenvalue weighted by Gasteiger charge is -2.31. The molecule has 0 N–H and O–H groups in total. The summed E-state index contributed by atoms with van der Waals surface area (Å²) in [5.74, 6) is -1.18. The standard InChI is InChI=1S/C18H22N2O5/c1-10(2)25-15-9-13-12(8-14(15)20(23)24)17(21)16(18(13)22)11-4-6-19(3)7-5-11/h8-11,16H,4-7H2,1-3H3. The Morgan fingerprint density at radius 3 is 2.24 bits per heavy atom. The minimum absolute atomic E-state index is 0.00266. The third-order valence-corrected chi connectivity index (χ3v) is 4.99. The van der Waals surface area contributed by atoms with Crippen molar-refractivity contribution in [2.45, 2.75) is 32.8 Å². The predicted molar refractivity (Wildman–Crippen MR) is 91.2 cm³/mol. The average molecular weight is 346 g/mol. The average Bonchev–Trinajstić information content (AvgIpc) is 2.78. The van der Waals surface area contributed by atoms with Gasteiger partial charge in [-0.2, -0.15) is 0 Å². The van der Waals surface area contributed by atoms with Gasteiger partial charge in [0.25, 0.3) is 0 Å². The van der Waals surface area contributed by atoms with Gasteiger partial charge >= 0.3 is 5.69 Å². The monoisotopic (exact) mass is 346 g/mol. The molecular weight excluding hydrogens is 324 g/mol. The fraction of sp³-hybridized carbons (Fsp3) is 0.556. The number of nitrogens with zero attached hydrogens (tertiary/aromatic N) is 2. The number of hydrogen-bond donors (Lipinski definition) is 0. The highest BCUT2D eigenvalue weighted by atomic mass is 16.6. The Morgan fingerprint density at radius 1 is 1.16 bits per heavy atom. The zero-order chi connectivity index (χ0) is 18.3. The van der Waals surface area contributed by atoms with E-state index in [-0.39, 0.29) is 46.2 Å². The minimum Gasteiger partial charge on any atom is -0.484 e. The largest absolute Gasteiger partial charge is 0.484 e. The fourth-order valence-electron chi connectivity index (χ4n) is 3.71. The number of Topliss-reactive ketones (excluding diaryl/α,β-unsaturated/α-hetero) is 2. The number of hydrogen-bond acceptors (Lipinski definition) is 6. The van der Waals surface area contributed by atoms with Gasteiger partial charge < -0.3 is 9.64 Å². The highest BCUT2D eigenvalue weighted by molar-refractivity contribution is 6.27. The van der Waals surface area contributed by atoms with Crippen LogP contribution in [0, 0.1) is 22.0 Å². The van der Waals surface area contributed by atoms with Crippen LogP contribution in [0.25, 0.3) is 0 Å². The molecule has 1 aliphatic heterocycles. The molecule has 7 heteroatoms. The van der Waals surface area contributed by atoms with Crippen molar-refractivity contribution in [1.29, 1.82) is 0 Å². The Kier molecular flexibility index (Phi) is 4.60. The van der Waals surface area contributed by atoms with Crippen molar-refractivity contribution >= 4 is 17.3 Å². The zero-order valence-electron chi connectivity index (χ0n) is 14.7. The molecule has 3 rings (SSSR count). The van der Waals surface area contributed by atoms with Gasteiger partial charge in [0.2, 0.25) is 0 Å². The molecule has 2 aliphatic rings. The molecule has 0 radical (unpaired) electrons. The number of carbonyl (C=O) groups excluding carboxylic acids is 2. The first-order valence-corrected chi connectivity index (χ1v) is 8.55. The maximum Gasteiger partial charge on any atom is 0.311 e. The summed E-state index contributed by atoms with van der Waals surface area (Å²) in [6, 6.07) is 2.59. The molecule has 0 saturated carbocycles. The van der Waals surface area contributed by atoms with Crippen LogP contribution in [0.5, 0.6) is 5.75 Å². The molecule has 0 bridgehead atoms. The lowest BCUT2D eigenvalue weighted by Crippen LogP contribution is -2.36. The molecule has 25 heavy (non-hydrogen) atoms. The number of ketones is 2. The molecule has 1 heterocycles. The van der Waals surface area contributed by atoms with Crippen LogP contribution in [0.4, 0.5) is 5.69 Å². The molecule has 1 saturated heterocycles. The maximum atomic E-state index is 12.8. The van der Waals surface area contributed by atoms with E-state index >= 15 is 0 Å². The highest BCUT2D eigenvalue weighted by Crippen LogP contribution is 2.41. The molecule has 1 aromatic rings. The van der Waals surface area contributed by atoms with E-state index in [4.69, 9.17) is 4.74 Å². The van der Waals surface area contributed by atoms with Crippen molar-refractivity contribution in [3.05, 3.63) is 33.4 Å². The van der Waals surface area contributed by atoms with Crippen LogP contribution in [0.3, 0.4) is 0 Å². The normalized spacial score (nSPS) is 21.7. The number of carbonyl (C=O) groups is 2. The third-order valence-electron chi connectivity index (χ3n) is 4.99. The number of nitro benzene ring substituents is 1. The van der Waals surface area contributed by atoms with Crippen molar-refractivity contribution in [3.63, 3.8) is 0 Å². The van der Waals surface area contributed by atoms with Gasteiger partial charge in [-0.25, -0.2) is 0 Å². The van der Waals surface area contributed by atoms with Gasteiger partial charge in [0.15, 0.2) is 17.3 Å². The first kappa shape index (κ1) is 17.5. The Bertz CT molecular complexity index is 735. The fourth-order valence-corrected chi connectivity index (χ4v) is 3.71. The van der Waals surface area contributed by atoms with Crippen LogP contribution >= 0.6 is 0 Å². The number of benzene rings is 1. The number of rotatable bonds is 4. The van der Waals surface area contributed by atoms with Crippen molar-refractivity contribution in [2.24, 2.45) is 11.8 Å². The number of likely N-dealkylation sites (tertiary alicyclic amines) is 1. The van der Waals surface area contributed by atoms with Gasteiger partial charge in [-0.05, 0) is 58.8 Å². The van der Waals surface area contributed by atoms with Crippen LogP contribution in [0.15, 0.2) is 12.1 Å². The Balaban J connectivity index is 1.98. The predicted octanol–water partition coefficient (Wildman–Crippen LogP) is 2.72. The topological polar surface area (TPSA) is 89.8 Å². The van der Waals surface area contributed by atoms with E-state index in [9.17, 15) is 19.7 Å². The molecule has 0 aromatic heterocycles. The van der Waals surface area contributed by atoms with Crippen LogP contribution < -0.4 is 4.74 Å². The lowest BCUT2D eigenvalue weighted by atomic mass is 9.81. The summed E-state index contributed by atoms with van der Waals surface area (Å²) in [7, 11) is 2.02. The first-order valence-electron chi connectivity index (χ1n) is 8.55. The van der Waals surface area contributed by atoms with E-state index in [1.54, 1.807) is 13.8 Å². The van der Waals surface area contributed by atoms with Gasteiger partial charge in [-0.3, -0.25) is 19.7 Å². The molecular formula is C18H22N2O5. The second-order valence-corrected chi connectivity index (χ2v) is 7.14. The highest BCUT2D eigenvalue weighted by Gasteiger charge is 2.45. The summed E-state index contributed by atoms with van der Waals surface area (Å²) in [5, 5.41) is 11.3. The molecule has 0 amide bonds. The zero-order valence-corrected chi connectivity index (χ0v) is 14.7. The van der Waals surface area contributed by atoms with Gasteiger partial charge in [0.1, 0.15) is 0 Å². The molecule has 1 aliphatic carbocycles. The van der Waals surface area contributed by atoms with Crippen LogP contribution in [0.2, 0.25) is 0 Å². The van der Waals surface area contributed by atoms with Gasteiger partial charge in [0, 0.05) is 17.2 Å². The number of nitro groups is 1. The molecule has 1 unspecified atom stereocenters. The Hall–Kier alpha value is -2.28. The smallest absolute Gasteiger partial charge is 0.311 e. The molecule has 7 nitrogen and oxygen atoms in total. The first-order chi connectivity index (χ1) is 11.8. The van der Waals surface area contributed by atoms with Crippen LogP contribution in [-0.4, -0.2) is 47.6 Å². The number of fused-ring (bicyclic) bond motifs is 1. The molecule has 1 atom stereocenters. The summed E-state index contributed by atoms with van der Waals surface area (Å²) in [5.41, 5.74) is 0.157. The van der Waals surface area contributed by atoms with Crippen LogP contribution in [0.1, 0.15) is 47.4 Å². The van der Waals surface area contributed by atoms with Crippen molar-refractivity contribution in [1.82, 2.24) is 4.90 Å². The quantitative estimate of drug-likeness (QED) is 0.473. The van der Waals surface area contributed by atoms with Gasteiger partial charge in [-0.1, -0.05) is 0 Å². The second-order valence-electron chi connectivity index (χ2n) is 7.14. The second kappa shape index (κ2) is 6.55. The van der Waals surface area contributed by atoms with Gasteiger partial charge in [0.05, 0.1) is 16.9 Å². The minimum atomic E-state index is -0.711. The maximum absolute atomic E-state index is 12.8. The van der Waals surface area contributed by atoms with E-state index in [0.717, 1.165) is 25.9 Å². The van der Waals surface area contributed by atoms with E-state index in [2.05, 4.69) is 4.90 Å². The summed E-state index contributed by atoms with van der Waals surface area (Å²) in [6.45, 7) is 5.20.